The zero-order valence-corrected chi connectivity index (χ0v) is 16.1. The fourth-order valence-corrected chi connectivity index (χ4v) is 3.83. The van der Waals surface area contributed by atoms with Gasteiger partial charge in [-0.25, -0.2) is 0 Å². The number of aryl methyl sites for hydroxylation is 2. The van der Waals surface area contributed by atoms with Gasteiger partial charge in [0, 0.05) is 18.3 Å². The van der Waals surface area contributed by atoms with Crippen LogP contribution in [0.5, 0.6) is 5.75 Å². The van der Waals surface area contributed by atoms with Gasteiger partial charge in [0.05, 0.1) is 11.5 Å². The molecule has 3 aromatic rings. The molecule has 1 aliphatic rings. The molecule has 0 saturated carbocycles. The summed E-state index contributed by atoms with van der Waals surface area (Å²) in [6.45, 7) is 2.43. The predicted molar refractivity (Wildman–Crippen MR) is 111 cm³/mol. The first-order chi connectivity index (χ1) is 14.1. The molecule has 0 radical (unpaired) electrons. The molecule has 4 rings (SSSR count). The maximum Gasteiger partial charge on any atom is 0.258 e. The lowest BCUT2D eigenvalue weighted by Crippen LogP contribution is -2.33. The van der Waals surface area contributed by atoms with E-state index < -0.39 is 5.92 Å². The van der Waals surface area contributed by atoms with Crippen molar-refractivity contribution in [2.45, 2.75) is 25.8 Å². The second-order valence-corrected chi connectivity index (χ2v) is 7.09. The van der Waals surface area contributed by atoms with E-state index >= 15 is 0 Å². The summed E-state index contributed by atoms with van der Waals surface area (Å²) in [5, 5.41) is 9.71. The summed E-state index contributed by atoms with van der Waals surface area (Å²) in [4.78, 5) is 13.5. The van der Waals surface area contributed by atoms with Crippen molar-refractivity contribution in [3.63, 3.8) is 0 Å². The number of rotatable bonds is 4. The van der Waals surface area contributed by atoms with Crippen LogP contribution in [0.15, 0.2) is 83.0 Å². The molecule has 1 aliphatic heterocycles. The second-order valence-electron chi connectivity index (χ2n) is 7.09. The SMILES string of the molecule is Cc1cc2c(c(=O)n1CCc1ccccc1)[C@H](c1ccccc1)C(C#N)=C(N)O2. The fourth-order valence-electron chi connectivity index (χ4n) is 3.83. The number of nitrogens with zero attached hydrogens (tertiary/aromatic N) is 2. The Morgan fingerprint density at radius 1 is 1.10 bits per heavy atom. The summed E-state index contributed by atoms with van der Waals surface area (Å²) >= 11 is 0. The Bertz CT molecular complexity index is 1170. The molecule has 0 unspecified atom stereocenters. The normalized spacial score (nSPS) is 15.4. The number of ether oxygens (including phenoxy) is 1. The van der Waals surface area contributed by atoms with Crippen LogP contribution in [-0.4, -0.2) is 4.57 Å². The van der Waals surface area contributed by atoms with Gasteiger partial charge in [-0.3, -0.25) is 4.79 Å². The summed E-state index contributed by atoms with van der Waals surface area (Å²) in [5.74, 6) is -0.0653. The van der Waals surface area contributed by atoms with Crippen LogP contribution < -0.4 is 16.0 Å². The number of nitriles is 1. The third-order valence-electron chi connectivity index (χ3n) is 5.29. The Morgan fingerprint density at radius 2 is 1.76 bits per heavy atom. The van der Waals surface area contributed by atoms with Crippen molar-refractivity contribution in [3.8, 4) is 11.8 Å². The number of hydrogen-bond donors (Lipinski definition) is 1. The highest BCUT2D eigenvalue weighted by Gasteiger charge is 2.34. The molecule has 5 nitrogen and oxygen atoms in total. The molecule has 0 fully saturated rings. The molecule has 0 spiro atoms. The van der Waals surface area contributed by atoms with Crippen LogP contribution in [0, 0.1) is 18.3 Å². The first-order valence-electron chi connectivity index (χ1n) is 9.51. The molecule has 2 N–H and O–H groups in total. The zero-order valence-electron chi connectivity index (χ0n) is 16.1. The average Bonchev–Trinajstić information content (AvgIpc) is 2.74. The predicted octanol–water partition coefficient (Wildman–Crippen LogP) is 3.62. The molecule has 2 heterocycles. The molecular weight excluding hydrogens is 362 g/mol. The van der Waals surface area contributed by atoms with Crippen molar-refractivity contribution in [2.24, 2.45) is 5.73 Å². The zero-order chi connectivity index (χ0) is 20.4. The molecule has 0 bridgehead atoms. The Kier molecular flexibility index (Phi) is 4.92. The Labute approximate surface area is 169 Å². The Balaban J connectivity index is 1.83. The van der Waals surface area contributed by atoms with E-state index in [9.17, 15) is 10.1 Å². The molecule has 29 heavy (non-hydrogen) atoms. The fraction of sp³-hybridized carbons (Fsp3) is 0.167. The minimum atomic E-state index is -0.541. The van der Waals surface area contributed by atoms with Crippen molar-refractivity contribution in [2.75, 3.05) is 0 Å². The van der Waals surface area contributed by atoms with Crippen LogP contribution in [0.3, 0.4) is 0 Å². The van der Waals surface area contributed by atoms with Crippen LogP contribution in [0.2, 0.25) is 0 Å². The van der Waals surface area contributed by atoms with Gasteiger partial charge in [-0.1, -0.05) is 60.7 Å². The van der Waals surface area contributed by atoms with Gasteiger partial charge in [0.2, 0.25) is 5.88 Å². The quantitative estimate of drug-likeness (QED) is 0.746. The average molecular weight is 383 g/mol. The lowest BCUT2D eigenvalue weighted by atomic mass is 9.84. The smallest absolute Gasteiger partial charge is 0.258 e. The minimum Gasteiger partial charge on any atom is -0.440 e. The third kappa shape index (κ3) is 3.41. The van der Waals surface area contributed by atoms with Gasteiger partial charge in [-0.05, 0) is 24.5 Å². The summed E-state index contributed by atoms with van der Waals surface area (Å²) < 4.78 is 7.44. The van der Waals surface area contributed by atoms with E-state index in [0.717, 1.165) is 23.2 Å². The standard InChI is InChI=1S/C24H21N3O2/c1-16-14-20-22(24(28)27(16)13-12-17-8-4-2-5-9-17)21(18-10-6-3-7-11-18)19(15-25)23(26)29-20/h2-11,14,21H,12-13,26H2,1H3/t21-/m1/s1. The number of pyridine rings is 1. The van der Waals surface area contributed by atoms with Crippen molar-refractivity contribution in [3.05, 3.63) is 111 Å². The molecule has 144 valence electrons. The van der Waals surface area contributed by atoms with E-state index in [2.05, 4.69) is 6.07 Å². The highest BCUT2D eigenvalue weighted by atomic mass is 16.5. The minimum absolute atomic E-state index is 0.0506. The highest BCUT2D eigenvalue weighted by molar-refractivity contribution is 5.55. The number of fused-ring (bicyclic) bond motifs is 1. The van der Waals surface area contributed by atoms with Crippen molar-refractivity contribution >= 4 is 0 Å². The molecule has 1 atom stereocenters. The van der Waals surface area contributed by atoms with E-state index in [0.29, 0.717) is 17.9 Å². The van der Waals surface area contributed by atoms with E-state index in [-0.39, 0.29) is 17.0 Å². The van der Waals surface area contributed by atoms with Crippen LogP contribution >= 0.6 is 0 Å². The van der Waals surface area contributed by atoms with Gasteiger partial charge in [-0.2, -0.15) is 5.26 Å². The van der Waals surface area contributed by atoms with Gasteiger partial charge in [0.25, 0.3) is 5.56 Å². The van der Waals surface area contributed by atoms with Gasteiger partial charge >= 0.3 is 0 Å². The Hall–Kier alpha value is -3.78. The molecule has 1 aromatic heterocycles. The topological polar surface area (TPSA) is 81.0 Å². The Morgan fingerprint density at radius 3 is 2.41 bits per heavy atom. The van der Waals surface area contributed by atoms with Gasteiger partial charge in [-0.15, -0.1) is 0 Å². The van der Waals surface area contributed by atoms with E-state index in [1.807, 2.05) is 73.7 Å². The van der Waals surface area contributed by atoms with E-state index in [4.69, 9.17) is 10.5 Å². The largest absolute Gasteiger partial charge is 0.440 e. The number of allylic oxidation sites excluding steroid dienone is 1. The maximum atomic E-state index is 13.5. The number of benzene rings is 2. The first-order valence-corrected chi connectivity index (χ1v) is 9.51. The molecule has 2 aromatic carbocycles. The van der Waals surface area contributed by atoms with Crippen molar-refractivity contribution < 1.29 is 4.74 Å². The molecule has 0 amide bonds. The number of aromatic nitrogens is 1. The third-order valence-corrected chi connectivity index (χ3v) is 5.29. The maximum absolute atomic E-state index is 13.5. The van der Waals surface area contributed by atoms with Gasteiger partial charge in [0.1, 0.15) is 17.4 Å². The number of nitrogens with two attached hydrogens (primary N) is 1. The summed E-state index contributed by atoms with van der Waals surface area (Å²) in [6.07, 6.45) is 0.736. The van der Waals surface area contributed by atoms with Crippen LogP contribution in [0.4, 0.5) is 0 Å². The van der Waals surface area contributed by atoms with Crippen molar-refractivity contribution in [1.29, 1.82) is 5.26 Å². The summed E-state index contributed by atoms with van der Waals surface area (Å²) in [7, 11) is 0. The van der Waals surface area contributed by atoms with Crippen LogP contribution in [0.25, 0.3) is 0 Å². The highest BCUT2D eigenvalue weighted by Crippen LogP contribution is 2.40. The number of hydrogen-bond acceptors (Lipinski definition) is 4. The second kappa shape index (κ2) is 7.69. The van der Waals surface area contributed by atoms with Gasteiger partial charge in [0.15, 0.2) is 0 Å². The summed E-state index contributed by atoms with van der Waals surface area (Å²) in [5.41, 5.74) is 9.40. The van der Waals surface area contributed by atoms with Gasteiger partial charge < -0.3 is 15.0 Å². The monoisotopic (exact) mass is 383 g/mol. The van der Waals surface area contributed by atoms with Crippen LogP contribution in [0.1, 0.15) is 28.3 Å². The lowest BCUT2D eigenvalue weighted by molar-refractivity contribution is 0.388. The van der Waals surface area contributed by atoms with Crippen molar-refractivity contribution in [1.82, 2.24) is 4.57 Å². The summed E-state index contributed by atoms with van der Waals surface area (Å²) in [6, 6.07) is 23.5. The molecule has 0 saturated heterocycles. The van der Waals surface area contributed by atoms with E-state index in [1.54, 1.807) is 4.57 Å². The van der Waals surface area contributed by atoms with Crippen LogP contribution in [-0.2, 0) is 13.0 Å². The first kappa shape index (κ1) is 18.6. The molecule has 5 heteroatoms. The van der Waals surface area contributed by atoms with E-state index in [1.165, 1.54) is 0 Å². The molecular formula is C24H21N3O2. The lowest BCUT2D eigenvalue weighted by Gasteiger charge is -2.27. The molecule has 0 aliphatic carbocycles.